The van der Waals surface area contributed by atoms with Crippen LogP contribution in [0.2, 0.25) is 5.02 Å². The number of carbonyl (C=O) groups excluding carboxylic acids is 1. The molecule has 28 heavy (non-hydrogen) atoms. The van der Waals surface area contributed by atoms with E-state index >= 15 is 0 Å². The molecule has 0 spiro atoms. The number of fused-ring (bicyclic) bond motifs is 1. The van der Waals surface area contributed by atoms with Gasteiger partial charge in [-0.3, -0.25) is 9.48 Å². The molecular weight excluding hydrogens is 392 g/mol. The van der Waals surface area contributed by atoms with Crippen LogP contribution in [0.15, 0.2) is 48.8 Å². The van der Waals surface area contributed by atoms with E-state index in [1.807, 2.05) is 25.4 Å². The van der Waals surface area contributed by atoms with Crippen molar-refractivity contribution in [3.05, 3.63) is 69.8 Å². The first-order chi connectivity index (χ1) is 13.5. The van der Waals surface area contributed by atoms with Gasteiger partial charge in [-0.05, 0) is 42.8 Å². The van der Waals surface area contributed by atoms with Gasteiger partial charge in [0.05, 0.1) is 27.8 Å². The number of thiophene rings is 1. The number of rotatable bonds is 5. The lowest BCUT2D eigenvalue weighted by Crippen LogP contribution is -2.23. The van der Waals surface area contributed by atoms with Gasteiger partial charge in [-0.2, -0.15) is 5.10 Å². The Morgan fingerprint density at radius 2 is 2.11 bits per heavy atom. The van der Waals surface area contributed by atoms with Gasteiger partial charge in [0.2, 0.25) is 0 Å². The molecule has 4 rings (SSSR count). The van der Waals surface area contributed by atoms with Crippen LogP contribution in [0, 0.1) is 0 Å². The number of aryl methyl sites for hydroxylation is 2. The average Bonchev–Trinajstić information content (AvgIpc) is 3.34. The number of nitrogens with zero attached hydrogens (tertiary/aromatic N) is 3. The third kappa shape index (κ3) is 3.79. The lowest BCUT2D eigenvalue weighted by molar-refractivity contribution is 0.0952. The van der Waals surface area contributed by atoms with E-state index in [1.54, 1.807) is 34.3 Å². The number of halogens is 1. The first-order valence-electron chi connectivity index (χ1n) is 8.98. The van der Waals surface area contributed by atoms with Crippen LogP contribution in [-0.4, -0.2) is 20.7 Å². The molecule has 0 unspecified atom stereocenters. The zero-order chi connectivity index (χ0) is 19.7. The second-order valence-corrected chi connectivity index (χ2v) is 8.15. The first-order valence-corrected chi connectivity index (χ1v) is 10.2. The molecule has 1 amide bonds. The van der Waals surface area contributed by atoms with Crippen LogP contribution < -0.4 is 5.32 Å². The van der Waals surface area contributed by atoms with Gasteiger partial charge in [-0.15, -0.1) is 11.3 Å². The molecule has 0 aliphatic rings. The molecule has 4 aromatic rings. The topological polar surface area (TPSA) is 59.8 Å². The summed E-state index contributed by atoms with van der Waals surface area (Å²) < 4.78 is 1.71. The number of hydrogen-bond donors (Lipinski definition) is 1. The Bertz CT molecular complexity index is 1160. The van der Waals surface area contributed by atoms with Crippen LogP contribution in [0.4, 0.5) is 0 Å². The number of hydrogen-bond acceptors (Lipinski definition) is 4. The normalized spacial score (nSPS) is 11.1. The minimum absolute atomic E-state index is 0.160. The summed E-state index contributed by atoms with van der Waals surface area (Å²) in [5.41, 5.74) is 3.06. The van der Waals surface area contributed by atoms with Crippen LogP contribution in [0.25, 0.3) is 21.5 Å². The van der Waals surface area contributed by atoms with E-state index in [-0.39, 0.29) is 5.91 Å². The van der Waals surface area contributed by atoms with E-state index in [9.17, 15) is 4.79 Å². The Morgan fingerprint density at radius 3 is 2.82 bits per heavy atom. The monoisotopic (exact) mass is 410 g/mol. The van der Waals surface area contributed by atoms with E-state index in [0.29, 0.717) is 17.1 Å². The molecule has 0 aliphatic carbocycles. The molecule has 3 aromatic heterocycles. The fraction of sp³-hybridized carbons (Fsp3) is 0.190. The van der Waals surface area contributed by atoms with Crippen LogP contribution in [0.3, 0.4) is 0 Å². The van der Waals surface area contributed by atoms with Gasteiger partial charge >= 0.3 is 0 Å². The quantitative estimate of drug-likeness (QED) is 0.512. The van der Waals surface area contributed by atoms with Crippen LogP contribution >= 0.6 is 22.9 Å². The maximum Gasteiger partial charge on any atom is 0.252 e. The van der Waals surface area contributed by atoms with Crippen molar-refractivity contribution in [2.75, 3.05) is 0 Å². The largest absolute Gasteiger partial charge is 0.348 e. The van der Waals surface area contributed by atoms with Crippen LogP contribution in [-0.2, 0) is 20.0 Å². The molecule has 0 aliphatic heterocycles. The van der Waals surface area contributed by atoms with Crippen molar-refractivity contribution in [3.8, 4) is 10.6 Å². The second kappa shape index (κ2) is 7.73. The highest BCUT2D eigenvalue weighted by atomic mass is 35.5. The Balaban J connectivity index is 1.73. The lowest BCUT2D eigenvalue weighted by Gasteiger charge is -2.10. The minimum atomic E-state index is -0.160. The van der Waals surface area contributed by atoms with Crippen molar-refractivity contribution in [1.29, 1.82) is 0 Å². The van der Waals surface area contributed by atoms with Gasteiger partial charge in [-0.25, -0.2) is 4.98 Å². The standard InChI is InChI=1S/C21H19ClN4OS/c1-3-15-5-7-20(28-15)19-9-17(16-8-14(22)4-6-18(16)25-19)21(27)23-10-13-11-24-26(2)12-13/h4-9,11-12H,3,10H2,1-2H3,(H,23,27). The Hall–Kier alpha value is -2.70. The molecule has 0 saturated heterocycles. The maximum atomic E-state index is 13.0. The van der Waals surface area contributed by atoms with E-state index in [4.69, 9.17) is 16.6 Å². The average molecular weight is 411 g/mol. The van der Waals surface area contributed by atoms with Crippen molar-refractivity contribution in [2.45, 2.75) is 19.9 Å². The number of aromatic nitrogens is 3. The van der Waals surface area contributed by atoms with Crippen molar-refractivity contribution in [3.63, 3.8) is 0 Å². The molecule has 1 N–H and O–H groups in total. The SMILES string of the molecule is CCc1ccc(-c2cc(C(=O)NCc3cnn(C)c3)c3cc(Cl)ccc3n2)s1. The predicted octanol–water partition coefficient (Wildman–Crippen LogP) is 4.84. The number of carbonyl (C=O) groups is 1. The number of nitrogens with one attached hydrogen (secondary N) is 1. The van der Waals surface area contributed by atoms with Gasteiger partial charge < -0.3 is 5.32 Å². The molecule has 0 fully saturated rings. The minimum Gasteiger partial charge on any atom is -0.348 e. The van der Waals surface area contributed by atoms with Crippen molar-refractivity contribution < 1.29 is 4.79 Å². The first kappa shape index (κ1) is 18.7. The summed E-state index contributed by atoms with van der Waals surface area (Å²) in [7, 11) is 1.85. The smallest absolute Gasteiger partial charge is 0.252 e. The summed E-state index contributed by atoms with van der Waals surface area (Å²) >= 11 is 7.88. The maximum absolute atomic E-state index is 13.0. The molecule has 142 valence electrons. The van der Waals surface area contributed by atoms with Gasteiger partial charge in [0.1, 0.15) is 0 Å². The molecular formula is C21H19ClN4OS. The zero-order valence-corrected chi connectivity index (χ0v) is 17.1. The lowest BCUT2D eigenvalue weighted by atomic mass is 10.1. The molecule has 7 heteroatoms. The highest BCUT2D eigenvalue weighted by molar-refractivity contribution is 7.15. The van der Waals surface area contributed by atoms with Crippen molar-refractivity contribution in [2.24, 2.45) is 7.05 Å². The molecule has 5 nitrogen and oxygen atoms in total. The van der Waals surface area contributed by atoms with Gasteiger partial charge in [-0.1, -0.05) is 18.5 Å². The van der Waals surface area contributed by atoms with Gasteiger partial charge in [0.25, 0.3) is 5.91 Å². The van der Waals surface area contributed by atoms with E-state index in [2.05, 4.69) is 29.5 Å². The van der Waals surface area contributed by atoms with Crippen molar-refractivity contribution >= 4 is 39.7 Å². The third-order valence-corrected chi connectivity index (χ3v) is 5.98. The van der Waals surface area contributed by atoms with Crippen LogP contribution in [0.1, 0.15) is 27.7 Å². The number of benzene rings is 1. The zero-order valence-electron chi connectivity index (χ0n) is 15.6. The van der Waals surface area contributed by atoms with Gasteiger partial charge in [0.15, 0.2) is 0 Å². The summed E-state index contributed by atoms with van der Waals surface area (Å²) in [6, 6.07) is 11.5. The summed E-state index contributed by atoms with van der Waals surface area (Å²) in [5, 5.41) is 8.43. The summed E-state index contributed by atoms with van der Waals surface area (Å²) in [6.45, 7) is 2.54. The Kier molecular flexibility index (Phi) is 5.15. The van der Waals surface area contributed by atoms with Crippen molar-refractivity contribution in [1.82, 2.24) is 20.1 Å². The highest BCUT2D eigenvalue weighted by Crippen LogP contribution is 2.31. The molecule has 0 radical (unpaired) electrons. The summed E-state index contributed by atoms with van der Waals surface area (Å²) in [5.74, 6) is -0.160. The fourth-order valence-corrected chi connectivity index (χ4v) is 4.14. The Morgan fingerprint density at radius 1 is 1.25 bits per heavy atom. The summed E-state index contributed by atoms with van der Waals surface area (Å²) in [6.07, 6.45) is 4.60. The Labute approximate surface area is 172 Å². The number of pyridine rings is 1. The van der Waals surface area contributed by atoms with E-state index < -0.39 is 0 Å². The highest BCUT2D eigenvalue weighted by Gasteiger charge is 2.15. The third-order valence-electron chi connectivity index (χ3n) is 4.49. The molecule has 0 bridgehead atoms. The summed E-state index contributed by atoms with van der Waals surface area (Å²) in [4.78, 5) is 20.1. The van der Waals surface area contributed by atoms with E-state index in [0.717, 1.165) is 33.5 Å². The molecule has 0 atom stereocenters. The predicted molar refractivity (Wildman–Crippen MR) is 114 cm³/mol. The molecule has 1 aromatic carbocycles. The van der Waals surface area contributed by atoms with Crippen LogP contribution in [0.5, 0.6) is 0 Å². The second-order valence-electron chi connectivity index (χ2n) is 6.54. The fourth-order valence-electron chi connectivity index (χ4n) is 3.06. The number of amides is 1. The van der Waals surface area contributed by atoms with Gasteiger partial charge in [0, 0.05) is 40.6 Å². The van der Waals surface area contributed by atoms with E-state index in [1.165, 1.54) is 4.88 Å². The molecule has 3 heterocycles. The molecule has 0 saturated carbocycles.